The average Bonchev–Trinajstić information content (AvgIpc) is 2.65. The SMILES string of the molecule is COCCCNc1ccnc(C(=O)Nc2ccccc2C(=O)OC)c1. The summed E-state index contributed by atoms with van der Waals surface area (Å²) in [4.78, 5) is 28.3. The van der Waals surface area contributed by atoms with E-state index in [0.29, 0.717) is 12.3 Å². The van der Waals surface area contributed by atoms with Crippen LogP contribution >= 0.6 is 0 Å². The molecule has 1 aromatic carbocycles. The maximum absolute atomic E-state index is 12.4. The maximum Gasteiger partial charge on any atom is 0.339 e. The zero-order chi connectivity index (χ0) is 18.1. The van der Waals surface area contributed by atoms with Gasteiger partial charge >= 0.3 is 5.97 Å². The van der Waals surface area contributed by atoms with Crippen LogP contribution in [0, 0.1) is 0 Å². The fraction of sp³-hybridized carbons (Fsp3) is 0.278. The largest absolute Gasteiger partial charge is 0.465 e. The first kappa shape index (κ1) is 18.4. The van der Waals surface area contributed by atoms with Crippen molar-refractivity contribution in [1.82, 2.24) is 4.98 Å². The van der Waals surface area contributed by atoms with Gasteiger partial charge < -0.3 is 20.1 Å². The smallest absolute Gasteiger partial charge is 0.339 e. The van der Waals surface area contributed by atoms with Crippen LogP contribution < -0.4 is 10.6 Å². The highest BCUT2D eigenvalue weighted by Gasteiger charge is 2.15. The summed E-state index contributed by atoms with van der Waals surface area (Å²) in [6.07, 6.45) is 2.41. The lowest BCUT2D eigenvalue weighted by Gasteiger charge is -2.10. The van der Waals surface area contributed by atoms with Crippen molar-refractivity contribution < 1.29 is 19.1 Å². The van der Waals surface area contributed by atoms with Crippen LogP contribution in [-0.2, 0) is 9.47 Å². The molecule has 7 nitrogen and oxygen atoms in total. The molecule has 2 N–H and O–H groups in total. The van der Waals surface area contributed by atoms with Crippen molar-refractivity contribution in [2.45, 2.75) is 6.42 Å². The van der Waals surface area contributed by atoms with E-state index in [1.807, 2.05) is 0 Å². The third kappa shape index (κ3) is 5.29. The normalized spacial score (nSPS) is 10.2. The van der Waals surface area contributed by atoms with Crippen LogP contribution in [0.5, 0.6) is 0 Å². The average molecular weight is 343 g/mol. The Morgan fingerprint density at radius 1 is 1.16 bits per heavy atom. The fourth-order valence-corrected chi connectivity index (χ4v) is 2.18. The number of nitrogens with zero attached hydrogens (tertiary/aromatic N) is 1. The van der Waals surface area contributed by atoms with Gasteiger partial charge in [-0.3, -0.25) is 9.78 Å². The van der Waals surface area contributed by atoms with Crippen molar-refractivity contribution in [3.63, 3.8) is 0 Å². The number of benzene rings is 1. The van der Waals surface area contributed by atoms with Crippen LogP contribution in [0.3, 0.4) is 0 Å². The van der Waals surface area contributed by atoms with Gasteiger partial charge in [0.25, 0.3) is 5.91 Å². The Morgan fingerprint density at radius 2 is 1.96 bits per heavy atom. The predicted molar refractivity (Wildman–Crippen MR) is 95.0 cm³/mol. The number of nitrogens with one attached hydrogen (secondary N) is 2. The topological polar surface area (TPSA) is 89.5 Å². The van der Waals surface area contributed by atoms with Gasteiger partial charge in [-0.1, -0.05) is 12.1 Å². The van der Waals surface area contributed by atoms with Crippen molar-refractivity contribution in [2.24, 2.45) is 0 Å². The molecule has 1 heterocycles. The second-order valence-corrected chi connectivity index (χ2v) is 5.19. The number of hydrogen-bond donors (Lipinski definition) is 2. The van der Waals surface area contributed by atoms with Gasteiger partial charge in [0.05, 0.1) is 18.4 Å². The number of anilines is 2. The summed E-state index contributed by atoms with van der Waals surface area (Å²) >= 11 is 0. The first-order chi connectivity index (χ1) is 12.2. The Hall–Kier alpha value is -2.93. The number of amides is 1. The summed E-state index contributed by atoms with van der Waals surface area (Å²) < 4.78 is 9.72. The third-order valence-corrected chi connectivity index (χ3v) is 3.43. The third-order valence-electron chi connectivity index (χ3n) is 3.43. The van der Waals surface area contributed by atoms with Gasteiger partial charge in [0.1, 0.15) is 5.69 Å². The lowest BCUT2D eigenvalue weighted by atomic mass is 10.1. The summed E-state index contributed by atoms with van der Waals surface area (Å²) in [7, 11) is 2.95. The van der Waals surface area contributed by atoms with Gasteiger partial charge in [0.2, 0.25) is 0 Å². The number of pyridine rings is 1. The van der Waals surface area contributed by atoms with Gasteiger partial charge in [0.15, 0.2) is 0 Å². The molecule has 0 saturated heterocycles. The first-order valence-electron chi connectivity index (χ1n) is 7.83. The zero-order valence-electron chi connectivity index (χ0n) is 14.2. The molecule has 1 amide bonds. The number of carbonyl (C=O) groups excluding carboxylic acids is 2. The van der Waals surface area contributed by atoms with Crippen LogP contribution in [0.1, 0.15) is 27.3 Å². The second-order valence-electron chi connectivity index (χ2n) is 5.19. The van der Waals surface area contributed by atoms with Crippen molar-refractivity contribution in [1.29, 1.82) is 0 Å². The number of ether oxygens (including phenoxy) is 2. The number of hydrogen-bond acceptors (Lipinski definition) is 6. The standard InChI is InChI=1S/C18H21N3O4/c1-24-11-5-9-19-13-8-10-20-16(12-13)17(22)21-15-7-4-3-6-14(15)18(23)25-2/h3-4,6-8,10,12H,5,9,11H2,1-2H3,(H,19,20)(H,21,22). The molecule has 0 saturated carbocycles. The van der Waals surface area contributed by atoms with Gasteiger partial charge in [0, 0.05) is 32.1 Å². The maximum atomic E-state index is 12.4. The molecule has 0 aliphatic rings. The lowest BCUT2D eigenvalue weighted by molar-refractivity contribution is 0.0602. The van der Waals surface area contributed by atoms with Gasteiger partial charge in [-0.15, -0.1) is 0 Å². The molecule has 7 heteroatoms. The molecule has 132 valence electrons. The number of para-hydroxylation sites is 1. The van der Waals surface area contributed by atoms with Gasteiger partial charge in [-0.25, -0.2) is 4.79 Å². The van der Waals surface area contributed by atoms with Crippen molar-refractivity contribution in [3.8, 4) is 0 Å². The molecule has 0 radical (unpaired) electrons. The van der Waals surface area contributed by atoms with E-state index in [1.165, 1.54) is 7.11 Å². The Balaban J connectivity index is 2.08. The lowest BCUT2D eigenvalue weighted by Crippen LogP contribution is -2.17. The molecule has 0 aliphatic carbocycles. The Bertz CT molecular complexity index is 734. The predicted octanol–water partition coefficient (Wildman–Crippen LogP) is 2.57. The highest BCUT2D eigenvalue weighted by Crippen LogP contribution is 2.17. The number of carbonyl (C=O) groups is 2. The Morgan fingerprint density at radius 3 is 2.72 bits per heavy atom. The quantitative estimate of drug-likeness (QED) is 0.566. The summed E-state index contributed by atoms with van der Waals surface area (Å²) in [6.45, 7) is 1.39. The van der Waals surface area contributed by atoms with E-state index in [9.17, 15) is 9.59 Å². The summed E-state index contributed by atoms with van der Waals surface area (Å²) in [6, 6.07) is 10.1. The summed E-state index contributed by atoms with van der Waals surface area (Å²) in [5.41, 5.74) is 1.70. The molecule has 2 rings (SSSR count). The van der Waals surface area contributed by atoms with Gasteiger partial charge in [-0.2, -0.15) is 0 Å². The molecule has 0 aliphatic heterocycles. The van der Waals surface area contributed by atoms with Crippen LogP contribution in [0.4, 0.5) is 11.4 Å². The van der Waals surface area contributed by atoms with Crippen LogP contribution in [-0.4, -0.2) is 44.2 Å². The van der Waals surface area contributed by atoms with E-state index in [2.05, 4.69) is 15.6 Å². The molecule has 0 fully saturated rings. The number of methoxy groups -OCH3 is 2. The van der Waals surface area contributed by atoms with E-state index >= 15 is 0 Å². The van der Waals surface area contributed by atoms with Crippen LogP contribution in [0.15, 0.2) is 42.6 Å². The second kappa shape index (κ2) is 9.39. The van der Waals surface area contributed by atoms with Crippen LogP contribution in [0.25, 0.3) is 0 Å². The molecule has 25 heavy (non-hydrogen) atoms. The molecule has 0 spiro atoms. The van der Waals surface area contributed by atoms with E-state index in [-0.39, 0.29) is 11.3 Å². The summed E-state index contributed by atoms with van der Waals surface area (Å²) in [5.74, 6) is -0.922. The fourth-order valence-electron chi connectivity index (χ4n) is 2.18. The van der Waals surface area contributed by atoms with Crippen molar-refractivity contribution in [3.05, 3.63) is 53.9 Å². The molecule has 2 aromatic rings. The van der Waals surface area contributed by atoms with Crippen molar-refractivity contribution in [2.75, 3.05) is 38.0 Å². The van der Waals surface area contributed by atoms with Crippen molar-refractivity contribution >= 4 is 23.3 Å². The zero-order valence-corrected chi connectivity index (χ0v) is 14.2. The minimum Gasteiger partial charge on any atom is -0.465 e. The van der Waals surface area contributed by atoms with E-state index < -0.39 is 11.9 Å². The molecular weight excluding hydrogens is 322 g/mol. The van der Waals surface area contributed by atoms with E-state index in [0.717, 1.165) is 18.7 Å². The van der Waals surface area contributed by atoms with Gasteiger partial charge in [-0.05, 0) is 30.7 Å². The monoisotopic (exact) mass is 343 g/mol. The molecule has 0 unspecified atom stereocenters. The van der Waals surface area contributed by atoms with Crippen LogP contribution in [0.2, 0.25) is 0 Å². The minimum absolute atomic E-state index is 0.247. The van der Waals surface area contributed by atoms with E-state index in [4.69, 9.17) is 9.47 Å². The number of aromatic nitrogens is 1. The molecule has 0 bridgehead atoms. The summed E-state index contributed by atoms with van der Waals surface area (Å²) in [5, 5.41) is 5.90. The number of rotatable bonds is 8. The highest BCUT2D eigenvalue weighted by atomic mass is 16.5. The molecule has 0 atom stereocenters. The Labute approximate surface area is 146 Å². The molecular formula is C18H21N3O4. The highest BCUT2D eigenvalue weighted by molar-refractivity contribution is 6.07. The number of esters is 1. The minimum atomic E-state index is -0.516. The molecule has 1 aromatic heterocycles. The Kier molecular flexibility index (Phi) is 6.91. The van der Waals surface area contributed by atoms with E-state index in [1.54, 1.807) is 49.7 Å². The first-order valence-corrected chi connectivity index (χ1v) is 7.83.